The summed E-state index contributed by atoms with van der Waals surface area (Å²) in [7, 11) is 1.70. The van der Waals surface area contributed by atoms with E-state index in [4.69, 9.17) is 5.73 Å². The number of anilines is 1. The van der Waals surface area contributed by atoms with Crippen LogP contribution in [0.15, 0.2) is 6.07 Å². The number of amides is 1. The molecule has 0 radical (unpaired) electrons. The molecule has 1 aromatic rings. The molecule has 1 aliphatic rings. The van der Waals surface area contributed by atoms with E-state index < -0.39 is 0 Å². The number of nitrogens with zero attached hydrogens (tertiary/aromatic N) is 2. The minimum atomic E-state index is 0.0631. The van der Waals surface area contributed by atoms with Gasteiger partial charge in [-0.15, -0.1) is 0 Å². The van der Waals surface area contributed by atoms with Crippen LogP contribution in [0.5, 0.6) is 0 Å². The Labute approximate surface area is 120 Å². The standard InChI is InChI=1S/C15H24N4O/c1-10-7-14(13(8-16)11(2)18-10)19-6-4-5-12(9-19)15(20)17-3/h7,12H,4-6,8-9,16H2,1-3H3,(H,17,20). The van der Waals surface area contributed by atoms with Gasteiger partial charge >= 0.3 is 0 Å². The topological polar surface area (TPSA) is 71.2 Å². The van der Waals surface area contributed by atoms with Crippen molar-refractivity contribution in [1.82, 2.24) is 10.3 Å². The number of nitrogens with two attached hydrogens (primary N) is 1. The molecule has 2 rings (SSSR count). The molecule has 1 aromatic heterocycles. The maximum Gasteiger partial charge on any atom is 0.224 e. The molecule has 5 nitrogen and oxygen atoms in total. The van der Waals surface area contributed by atoms with E-state index in [0.717, 1.165) is 48.6 Å². The van der Waals surface area contributed by atoms with Crippen LogP contribution in [0.1, 0.15) is 29.8 Å². The van der Waals surface area contributed by atoms with Crippen molar-refractivity contribution >= 4 is 11.6 Å². The molecule has 20 heavy (non-hydrogen) atoms. The van der Waals surface area contributed by atoms with E-state index in [9.17, 15) is 4.79 Å². The van der Waals surface area contributed by atoms with Crippen LogP contribution in [0, 0.1) is 19.8 Å². The number of piperidine rings is 1. The zero-order chi connectivity index (χ0) is 14.7. The number of aryl methyl sites for hydroxylation is 2. The second-order valence-corrected chi connectivity index (χ2v) is 5.45. The smallest absolute Gasteiger partial charge is 0.224 e. The molecular weight excluding hydrogens is 252 g/mol. The molecular formula is C15H24N4O. The largest absolute Gasteiger partial charge is 0.370 e. The SMILES string of the molecule is CNC(=O)C1CCCN(c2cc(C)nc(C)c2CN)C1. The van der Waals surface area contributed by atoms with E-state index in [1.54, 1.807) is 7.05 Å². The van der Waals surface area contributed by atoms with Crippen molar-refractivity contribution in [2.75, 3.05) is 25.0 Å². The lowest BCUT2D eigenvalue weighted by Gasteiger charge is -2.35. The van der Waals surface area contributed by atoms with Crippen molar-refractivity contribution in [3.63, 3.8) is 0 Å². The van der Waals surface area contributed by atoms with Crippen molar-refractivity contribution < 1.29 is 4.79 Å². The molecule has 0 spiro atoms. The molecule has 3 N–H and O–H groups in total. The van der Waals surface area contributed by atoms with Gasteiger partial charge in [0, 0.05) is 49.3 Å². The number of hydrogen-bond donors (Lipinski definition) is 2. The highest BCUT2D eigenvalue weighted by molar-refractivity contribution is 5.79. The highest BCUT2D eigenvalue weighted by atomic mass is 16.1. The molecule has 0 aliphatic carbocycles. The Morgan fingerprint density at radius 3 is 2.95 bits per heavy atom. The predicted molar refractivity (Wildman–Crippen MR) is 80.6 cm³/mol. The molecule has 1 aliphatic heterocycles. The zero-order valence-corrected chi connectivity index (χ0v) is 12.6. The minimum absolute atomic E-state index is 0.0631. The Balaban J connectivity index is 2.29. The fourth-order valence-electron chi connectivity index (χ4n) is 2.98. The van der Waals surface area contributed by atoms with Crippen molar-refractivity contribution in [2.24, 2.45) is 11.7 Å². The monoisotopic (exact) mass is 276 g/mol. The van der Waals surface area contributed by atoms with Crippen LogP contribution in [-0.2, 0) is 11.3 Å². The van der Waals surface area contributed by atoms with Crippen LogP contribution in [0.4, 0.5) is 5.69 Å². The third-order valence-electron chi connectivity index (χ3n) is 4.02. The first kappa shape index (κ1) is 14.8. The zero-order valence-electron chi connectivity index (χ0n) is 12.6. The summed E-state index contributed by atoms with van der Waals surface area (Å²) < 4.78 is 0. The van der Waals surface area contributed by atoms with Crippen LogP contribution in [0.3, 0.4) is 0 Å². The Morgan fingerprint density at radius 2 is 2.30 bits per heavy atom. The van der Waals surface area contributed by atoms with Gasteiger partial charge in [0.1, 0.15) is 0 Å². The van der Waals surface area contributed by atoms with E-state index >= 15 is 0 Å². The minimum Gasteiger partial charge on any atom is -0.370 e. The lowest BCUT2D eigenvalue weighted by Crippen LogP contribution is -2.42. The van der Waals surface area contributed by atoms with Gasteiger partial charge in [-0.25, -0.2) is 0 Å². The van der Waals surface area contributed by atoms with Crippen LogP contribution in [0.2, 0.25) is 0 Å². The lowest BCUT2D eigenvalue weighted by atomic mass is 9.96. The number of carbonyl (C=O) groups excluding carboxylic acids is 1. The fraction of sp³-hybridized carbons (Fsp3) is 0.600. The van der Waals surface area contributed by atoms with Gasteiger partial charge in [0.25, 0.3) is 0 Å². The van der Waals surface area contributed by atoms with Gasteiger partial charge in [0.05, 0.1) is 5.92 Å². The molecule has 2 heterocycles. The number of carbonyl (C=O) groups is 1. The number of rotatable bonds is 3. The van der Waals surface area contributed by atoms with Gasteiger partial charge in [-0.3, -0.25) is 9.78 Å². The Morgan fingerprint density at radius 1 is 1.55 bits per heavy atom. The number of nitrogens with one attached hydrogen (secondary N) is 1. The molecule has 1 fully saturated rings. The summed E-state index contributed by atoms with van der Waals surface area (Å²) in [5.74, 6) is 0.194. The average Bonchev–Trinajstić information content (AvgIpc) is 2.45. The summed E-state index contributed by atoms with van der Waals surface area (Å²) in [4.78, 5) is 18.6. The maximum absolute atomic E-state index is 11.9. The molecule has 1 atom stereocenters. The second kappa shape index (κ2) is 6.22. The molecule has 110 valence electrons. The Kier molecular flexibility index (Phi) is 4.60. The lowest BCUT2D eigenvalue weighted by molar-refractivity contribution is -0.124. The van der Waals surface area contributed by atoms with Gasteiger partial charge in [-0.2, -0.15) is 0 Å². The van der Waals surface area contributed by atoms with Gasteiger partial charge in [-0.05, 0) is 32.8 Å². The molecule has 1 saturated heterocycles. The molecule has 1 amide bonds. The summed E-state index contributed by atoms with van der Waals surface area (Å²) in [5.41, 5.74) is 10.1. The highest BCUT2D eigenvalue weighted by Gasteiger charge is 2.26. The number of pyridine rings is 1. The number of hydrogen-bond acceptors (Lipinski definition) is 4. The summed E-state index contributed by atoms with van der Waals surface area (Å²) in [5, 5.41) is 2.76. The number of aromatic nitrogens is 1. The van der Waals surface area contributed by atoms with E-state index in [1.807, 2.05) is 13.8 Å². The third kappa shape index (κ3) is 2.93. The third-order valence-corrected chi connectivity index (χ3v) is 4.02. The summed E-state index contributed by atoms with van der Waals surface area (Å²) >= 11 is 0. The highest BCUT2D eigenvalue weighted by Crippen LogP contribution is 2.28. The van der Waals surface area contributed by atoms with Gasteiger partial charge in [0.15, 0.2) is 0 Å². The quantitative estimate of drug-likeness (QED) is 0.868. The van der Waals surface area contributed by atoms with E-state index in [0.29, 0.717) is 6.54 Å². The summed E-state index contributed by atoms with van der Waals surface area (Å²) in [6.07, 6.45) is 1.99. The maximum atomic E-state index is 11.9. The molecule has 0 bridgehead atoms. The molecule has 0 aromatic carbocycles. The fourth-order valence-corrected chi connectivity index (χ4v) is 2.98. The van der Waals surface area contributed by atoms with E-state index in [-0.39, 0.29) is 11.8 Å². The Hall–Kier alpha value is -1.62. The van der Waals surface area contributed by atoms with Gasteiger partial charge < -0.3 is 16.0 Å². The van der Waals surface area contributed by atoms with E-state index in [1.165, 1.54) is 0 Å². The second-order valence-electron chi connectivity index (χ2n) is 5.45. The van der Waals surface area contributed by atoms with E-state index in [2.05, 4.69) is 21.3 Å². The predicted octanol–water partition coefficient (Wildman–Crippen LogP) is 1.12. The van der Waals surface area contributed by atoms with Crippen LogP contribution < -0.4 is 16.0 Å². The average molecular weight is 276 g/mol. The van der Waals surface area contributed by atoms with Crippen LogP contribution in [-0.4, -0.2) is 31.0 Å². The summed E-state index contributed by atoms with van der Waals surface area (Å²) in [6, 6.07) is 2.08. The molecule has 0 saturated carbocycles. The van der Waals surface area contributed by atoms with Crippen molar-refractivity contribution in [2.45, 2.75) is 33.2 Å². The summed E-state index contributed by atoms with van der Waals surface area (Å²) in [6.45, 7) is 6.21. The van der Waals surface area contributed by atoms with Crippen molar-refractivity contribution in [3.05, 3.63) is 23.0 Å². The van der Waals surface area contributed by atoms with Gasteiger partial charge in [-0.1, -0.05) is 0 Å². The van der Waals surface area contributed by atoms with Gasteiger partial charge in [0.2, 0.25) is 5.91 Å². The first-order chi connectivity index (χ1) is 9.56. The first-order valence-electron chi connectivity index (χ1n) is 7.20. The Bertz CT molecular complexity index is 501. The normalized spacial score (nSPS) is 19.0. The first-order valence-corrected chi connectivity index (χ1v) is 7.20. The molecule has 1 unspecified atom stereocenters. The molecule has 5 heteroatoms. The van der Waals surface area contributed by atoms with Crippen LogP contribution in [0.25, 0.3) is 0 Å². The van der Waals surface area contributed by atoms with Crippen LogP contribution >= 0.6 is 0 Å². The van der Waals surface area contributed by atoms with Crippen molar-refractivity contribution in [3.8, 4) is 0 Å². The van der Waals surface area contributed by atoms with Crippen molar-refractivity contribution in [1.29, 1.82) is 0 Å².